The minimum absolute atomic E-state index is 0.170. The van der Waals surface area contributed by atoms with Gasteiger partial charge in [0.1, 0.15) is 5.75 Å². The molecule has 0 bridgehead atoms. The Labute approximate surface area is 123 Å². The highest BCUT2D eigenvalue weighted by molar-refractivity contribution is 6.09. The number of likely N-dealkylation sites (N-methyl/N-ethyl adjacent to an activating group) is 1. The van der Waals surface area contributed by atoms with Crippen LogP contribution in [-0.4, -0.2) is 20.1 Å². The van der Waals surface area contributed by atoms with Gasteiger partial charge in [0.25, 0.3) is 5.91 Å². The van der Waals surface area contributed by atoms with Crippen molar-refractivity contribution in [2.75, 3.05) is 19.1 Å². The average Bonchev–Trinajstić information content (AvgIpc) is 2.52. The van der Waals surface area contributed by atoms with Gasteiger partial charge in [-0.25, -0.2) is 0 Å². The van der Waals surface area contributed by atoms with Crippen molar-refractivity contribution in [1.29, 1.82) is 0 Å². The Kier molecular flexibility index (Phi) is 3.36. The van der Waals surface area contributed by atoms with Crippen LogP contribution in [0.4, 0.5) is 5.69 Å². The third-order valence-corrected chi connectivity index (χ3v) is 3.35. The van der Waals surface area contributed by atoms with Crippen LogP contribution >= 0.6 is 0 Å². The molecule has 2 aromatic rings. The van der Waals surface area contributed by atoms with Gasteiger partial charge in [-0.05, 0) is 35.9 Å². The zero-order valence-electron chi connectivity index (χ0n) is 11.9. The highest BCUT2D eigenvalue weighted by atomic mass is 16.5. The predicted octanol–water partition coefficient (Wildman–Crippen LogP) is 3.09. The van der Waals surface area contributed by atoms with Crippen LogP contribution in [0.5, 0.6) is 11.5 Å². The fourth-order valence-corrected chi connectivity index (χ4v) is 2.23. The van der Waals surface area contributed by atoms with Crippen LogP contribution in [0.2, 0.25) is 0 Å². The molecule has 21 heavy (non-hydrogen) atoms. The number of carbonyl (C=O) groups is 1. The molecule has 0 radical (unpaired) electrons. The molecule has 0 saturated carbocycles. The number of hydrogen-bond donors (Lipinski definition) is 0. The maximum atomic E-state index is 12.3. The van der Waals surface area contributed by atoms with Crippen molar-refractivity contribution in [2.45, 2.75) is 0 Å². The number of hydrogen-bond acceptors (Lipinski definition) is 3. The van der Waals surface area contributed by atoms with Crippen molar-refractivity contribution in [2.24, 2.45) is 0 Å². The van der Waals surface area contributed by atoms with Gasteiger partial charge in [-0.1, -0.05) is 24.3 Å². The second-order valence-electron chi connectivity index (χ2n) is 4.72. The number of rotatable bonds is 2. The molecule has 106 valence electrons. The molecule has 1 aliphatic rings. The number of ether oxygens (including phenoxy) is 2. The topological polar surface area (TPSA) is 38.8 Å². The molecule has 0 aliphatic carbocycles. The summed E-state index contributed by atoms with van der Waals surface area (Å²) in [4.78, 5) is 13.9. The lowest BCUT2D eigenvalue weighted by Gasteiger charge is -2.27. The Bertz CT molecular complexity index is 721. The second-order valence-corrected chi connectivity index (χ2v) is 4.72. The van der Waals surface area contributed by atoms with E-state index < -0.39 is 0 Å². The van der Waals surface area contributed by atoms with E-state index in [0.29, 0.717) is 11.5 Å². The Hall–Kier alpha value is -2.75. The molecular weight excluding hydrogens is 266 g/mol. The molecule has 2 aromatic carbocycles. The van der Waals surface area contributed by atoms with Gasteiger partial charge in [0.05, 0.1) is 12.8 Å². The Morgan fingerprint density at radius 2 is 1.95 bits per heavy atom. The maximum Gasteiger partial charge on any atom is 0.293 e. The fourth-order valence-electron chi connectivity index (χ4n) is 2.23. The smallest absolute Gasteiger partial charge is 0.293 e. The number of fused-ring (bicyclic) bond motifs is 1. The second kappa shape index (κ2) is 5.32. The van der Waals surface area contributed by atoms with E-state index in [-0.39, 0.29) is 5.91 Å². The van der Waals surface area contributed by atoms with Gasteiger partial charge in [-0.3, -0.25) is 4.79 Å². The molecule has 0 spiro atoms. The zero-order chi connectivity index (χ0) is 14.8. The summed E-state index contributed by atoms with van der Waals surface area (Å²) >= 11 is 0. The summed E-state index contributed by atoms with van der Waals surface area (Å²) in [5.74, 6) is 1.54. The molecule has 4 nitrogen and oxygen atoms in total. The van der Waals surface area contributed by atoms with Gasteiger partial charge in [-0.2, -0.15) is 0 Å². The van der Waals surface area contributed by atoms with Gasteiger partial charge in [0.15, 0.2) is 11.5 Å². The summed E-state index contributed by atoms with van der Waals surface area (Å²) in [5, 5.41) is 0. The van der Waals surface area contributed by atoms with Crippen LogP contribution in [0.15, 0.2) is 54.3 Å². The van der Waals surface area contributed by atoms with Gasteiger partial charge >= 0.3 is 0 Å². The molecule has 0 atom stereocenters. The first kappa shape index (κ1) is 13.2. The minimum Gasteiger partial charge on any atom is -0.497 e. The van der Waals surface area contributed by atoms with E-state index >= 15 is 0 Å². The van der Waals surface area contributed by atoms with E-state index in [1.807, 2.05) is 48.5 Å². The Morgan fingerprint density at radius 3 is 2.76 bits per heavy atom. The van der Waals surface area contributed by atoms with Crippen LogP contribution in [0, 0.1) is 0 Å². The van der Waals surface area contributed by atoms with Crippen LogP contribution in [0.25, 0.3) is 6.08 Å². The highest BCUT2D eigenvalue weighted by Crippen LogP contribution is 2.34. The average molecular weight is 281 g/mol. The molecule has 0 aromatic heterocycles. The molecule has 3 rings (SSSR count). The highest BCUT2D eigenvalue weighted by Gasteiger charge is 2.26. The van der Waals surface area contributed by atoms with Gasteiger partial charge < -0.3 is 14.4 Å². The molecule has 0 N–H and O–H groups in total. The lowest BCUT2D eigenvalue weighted by Crippen LogP contribution is -2.33. The van der Waals surface area contributed by atoms with Crippen molar-refractivity contribution in [3.05, 3.63) is 59.9 Å². The van der Waals surface area contributed by atoms with Gasteiger partial charge in [-0.15, -0.1) is 0 Å². The number of para-hydroxylation sites is 2. The van der Waals surface area contributed by atoms with E-state index in [1.165, 1.54) is 0 Å². The Balaban J connectivity index is 1.99. The van der Waals surface area contributed by atoms with E-state index in [4.69, 9.17) is 9.47 Å². The van der Waals surface area contributed by atoms with E-state index in [1.54, 1.807) is 25.1 Å². The number of carbonyl (C=O) groups excluding carboxylic acids is 1. The van der Waals surface area contributed by atoms with Crippen molar-refractivity contribution < 1.29 is 14.3 Å². The third-order valence-electron chi connectivity index (χ3n) is 3.35. The molecule has 0 saturated heterocycles. The van der Waals surface area contributed by atoms with E-state index in [9.17, 15) is 4.79 Å². The number of nitrogens with zero attached hydrogens (tertiary/aromatic N) is 1. The predicted molar refractivity (Wildman–Crippen MR) is 81.5 cm³/mol. The summed E-state index contributed by atoms with van der Waals surface area (Å²) in [6, 6.07) is 14.9. The van der Waals surface area contributed by atoms with Gasteiger partial charge in [0.2, 0.25) is 0 Å². The van der Waals surface area contributed by atoms with Crippen molar-refractivity contribution in [3.63, 3.8) is 0 Å². The van der Waals surface area contributed by atoms with E-state index in [0.717, 1.165) is 17.0 Å². The van der Waals surface area contributed by atoms with Gasteiger partial charge in [0, 0.05) is 7.05 Å². The molecule has 1 amide bonds. The molecule has 0 fully saturated rings. The first-order valence-corrected chi connectivity index (χ1v) is 6.60. The fraction of sp³-hybridized carbons (Fsp3) is 0.118. The summed E-state index contributed by atoms with van der Waals surface area (Å²) < 4.78 is 10.9. The first-order valence-electron chi connectivity index (χ1n) is 6.60. The normalized spacial score (nSPS) is 15.6. The molecular formula is C17H15NO3. The van der Waals surface area contributed by atoms with Crippen LogP contribution in [0.1, 0.15) is 5.56 Å². The Morgan fingerprint density at radius 1 is 1.14 bits per heavy atom. The largest absolute Gasteiger partial charge is 0.497 e. The van der Waals surface area contributed by atoms with Crippen LogP contribution < -0.4 is 14.4 Å². The van der Waals surface area contributed by atoms with Crippen molar-refractivity contribution >= 4 is 17.7 Å². The molecule has 0 unspecified atom stereocenters. The lowest BCUT2D eigenvalue weighted by atomic mass is 10.1. The number of anilines is 1. The first-order chi connectivity index (χ1) is 10.2. The van der Waals surface area contributed by atoms with E-state index in [2.05, 4.69) is 0 Å². The van der Waals surface area contributed by atoms with Crippen molar-refractivity contribution in [1.82, 2.24) is 0 Å². The number of amides is 1. The standard InChI is InChI=1S/C17H15NO3/c1-18-14-8-3-4-9-15(14)21-16(17(18)19)11-12-6-5-7-13(10-12)20-2/h3-11H,1-2H3/b16-11-. The number of methoxy groups -OCH3 is 1. The molecule has 4 heteroatoms. The summed E-state index contributed by atoms with van der Waals surface area (Å²) in [6.45, 7) is 0. The third kappa shape index (κ3) is 2.48. The minimum atomic E-state index is -0.170. The quantitative estimate of drug-likeness (QED) is 0.794. The summed E-state index contributed by atoms with van der Waals surface area (Å²) in [5.41, 5.74) is 1.62. The molecule has 1 heterocycles. The maximum absolute atomic E-state index is 12.3. The monoisotopic (exact) mass is 281 g/mol. The SMILES string of the molecule is COc1cccc(/C=C2\Oc3ccccc3N(C)C2=O)c1. The number of benzene rings is 2. The zero-order valence-corrected chi connectivity index (χ0v) is 11.9. The van der Waals surface area contributed by atoms with Crippen molar-refractivity contribution in [3.8, 4) is 11.5 Å². The summed E-state index contributed by atoms with van der Waals surface area (Å²) in [7, 11) is 3.35. The lowest BCUT2D eigenvalue weighted by molar-refractivity contribution is -0.117. The van der Waals surface area contributed by atoms with Crippen LogP contribution in [0.3, 0.4) is 0 Å². The molecule has 1 aliphatic heterocycles. The van der Waals surface area contributed by atoms with Crippen LogP contribution in [-0.2, 0) is 4.79 Å². The summed E-state index contributed by atoms with van der Waals surface area (Å²) in [6.07, 6.45) is 1.72.